The largest absolute Gasteiger partial charge is 0.382 e. The molecule has 0 aliphatic rings. The molecule has 0 aliphatic carbocycles. The van der Waals surface area contributed by atoms with Crippen LogP contribution in [0.3, 0.4) is 0 Å². The van der Waals surface area contributed by atoms with Crippen LogP contribution in [0.4, 0.5) is 5.82 Å². The van der Waals surface area contributed by atoms with Crippen LogP contribution < -0.4 is 5.73 Å². The van der Waals surface area contributed by atoms with Crippen LogP contribution in [-0.2, 0) is 6.54 Å². The highest BCUT2D eigenvalue weighted by Gasteiger charge is 1.98. The summed E-state index contributed by atoms with van der Waals surface area (Å²) in [4.78, 5) is 0. The fraction of sp³-hybridized carbons (Fsp3) is 0.300. The maximum absolute atomic E-state index is 5.60. The first kappa shape index (κ1) is 9.58. The second kappa shape index (κ2) is 4.50. The Kier molecular flexibility index (Phi) is 3.31. The van der Waals surface area contributed by atoms with Crippen molar-refractivity contribution in [2.75, 3.05) is 5.73 Å². The van der Waals surface area contributed by atoms with Crippen LogP contribution in [0.1, 0.15) is 12.0 Å². The third kappa shape index (κ3) is 2.78. The van der Waals surface area contributed by atoms with E-state index in [0.29, 0.717) is 5.82 Å². The van der Waals surface area contributed by atoms with Gasteiger partial charge in [-0.2, -0.15) is 5.10 Å². The zero-order chi connectivity index (χ0) is 9.68. The third-order valence-electron chi connectivity index (χ3n) is 1.78. The van der Waals surface area contributed by atoms with Gasteiger partial charge in [-0.05, 0) is 13.3 Å². The van der Waals surface area contributed by atoms with Crippen molar-refractivity contribution in [3.05, 3.63) is 36.6 Å². The Labute approximate surface area is 78.6 Å². The zero-order valence-corrected chi connectivity index (χ0v) is 7.90. The molecule has 70 valence electrons. The van der Waals surface area contributed by atoms with Gasteiger partial charge in [0.2, 0.25) is 0 Å². The minimum Gasteiger partial charge on any atom is -0.382 e. The van der Waals surface area contributed by atoms with Gasteiger partial charge in [-0.3, -0.25) is 4.68 Å². The van der Waals surface area contributed by atoms with Crippen molar-refractivity contribution in [3.8, 4) is 0 Å². The number of hydrogen-bond donors (Lipinski definition) is 1. The predicted molar refractivity (Wildman–Crippen MR) is 55.3 cm³/mol. The number of nitrogens with zero attached hydrogens (tertiary/aromatic N) is 2. The van der Waals surface area contributed by atoms with Crippen LogP contribution in [0.5, 0.6) is 0 Å². The van der Waals surface area contributed by atoms with Crippen LogP contribution in [0, 0.1) is 6.92 Å². The number of hydrogen-bond acceptors (Lipinski definition) is 2. The summed E-state index contributed by atoms with van der Waals surface area (Å²) in [5.41, 5.74) is 6.64. The van der Waals surface area contributed by atoms with Crippen LogP contribution in [0.2, 0.25) is 0 Å². The first-order valence-corrected chi connectivity index (χ1v) is 4.31. The number of nitrogens with two attached hydrogens (primary N) is 1. The summed E-state index contributed by atoms with van der Waals surface area (Å²) in [7, 11) is 0. The summed E-state index contributed by atoms with van der Waals surface area (Å²) in [6.45, 7) is 6.41. The molecule has 0 saturated carbocycles. The van der Waals surface area contributed by atoms with Gasteiger partial charge in [0.1, 0.15) is 5.82 Å². The minimum absolute atomic E-state index is 0.618. The van der Waals surface area contributed by atoms with Crippen LogP contribution >= 0.6 is 0 Å². The summed E-state index contributed by atoms with van der Waals surface area (Å²) >= 11 is 0. The molecule has 0 amide bonds. The van der Waals surface area contributed by atoms with E-state index >= 15 is 0 Å². The minimum atomic E-state index is 0.618. The molecule has 1 rings (SSSR count). The van der Waals surface area contributed by atoms with Gasteiger partial charge < -0.3 is 5.73 Å². The molecule has 2 N–H and O–H groups in total. The Balaban J connectivity index is 2.45. The topological polar surface area (TPSA) is 43.8 Å². The lowest BCUT2D eigenvalue weighted by molar-refractivity contribution is 0.626. The lowest BCUT2D eigenvalue weighted by Crippen LogP contribution is -1.98. The van der Waals surface area contributed by atoms with E-state index in [1.54, 1.807) is 6.08 Å². The Morgan fingerprint density at radius 1 is 1.69 bits per heavy atom. The zero-order valence-electron chi connectivity index (χ0n) is 7.90. The smallest absolute Gasteiger partial charge is 0.148 e. The average molecular weight is 177 g/mol. The molecule has 1 aromatic heterocycles. The molecule has 13 heavy (non-hydrogen) atoms. The quantitative estimate of drug-likeness (QED) is 0.714. The van der Waals surface area contributed by atoms with E-state index in [-0.39, 0.29) is 0 Å². The fourth-order valence-corrected chi connectivity index (χ4v) is 1.05. The number of nitrogen functional groups attached to an aromatic ring is 1. The summed E-state index contributed by atoms with van der Waals surface area (Å²) in [6, 6.07) is 0. The standard InChI is InChI=1S/C10H15N3/c1-3-4-5-6-7-13-8-9(2)10(11)12-13/h3-5,8H,1,6-7H2,2H3,(H2,11,12)/b5-4+. The van der Waals surface area contributed by atoms with Gasteiger partial charge >= 0.3 is 0 Å². The van der Waals surface area contributed by atoms with E-state index in [9.17, 15) is 0 Å². The maximum atomic E-state index is 5.60. The molecule has 1 aromatic rings. The molecular formula is C10H15N3. The van der Waals surface area contributed by atoms with Crippen molar-refractivity contribution in [2.24, 2.45) is 0 Å². The molecule has 3 heteroatoms. The van der Waals surface area contributed by atoms with Gasteiger partial charge in [0.15, 0.2) is 0 Å². The van der Waals surface area contributed by atoms with Crippen LogP contribution in [-0.4, -0.2) is 9.78 Å². The fourth-order valence-electron chi connectivity index (χ4n) is 1.05. The normalized spacial score (nSPS) is 10.8. The number of aromatic nitrogens is 2. The van der Waals surface area contributed by atoms with Crippen LogP contribution in [0.15, 0.2) is 31.0 Å². The SMILES string of the molecule is C=C/C=C/CCn1cc(C)c(N)n1. The first-order chi connectivity index (χ1) is 6.24. The molecule has 0 fully saturated rings. The second-order valence-corrected chi connectivity index (χ2v) is 2.91. The molecule has 0 spiro atoms. The lowest BCUT2D eigenvalue weighted by Gasteiger charge is -1.95. The van der Waals surface area contributed by atoms with Crippen molar-refractivity contribution < 1.29 is 0 Å². The molecule has 0 atom stereocenters. The van der Waals surface area contributed by atoms with Crippen LogP contribution in [0.25, 0.3) is 0 Å². The van der Waals surface area contributed by atoms with E-state index in [1.165, 1.54) is 0 Å². The molecule has 0 aromatic carbocycles. The van der Waals surface area contributed by atoms with Crippen molar-refractivity contribution in [1.29, 1.82) is 0 Å². The molecule has 0 unspecified atom stereocenters. The maximum Gasteiger partial charge on any atom is 0.148 e. The van der Waals surface area contributed by atoms with Gasteiger partial charge in [-0.25, -0.2) is 0 Å². The predicted octanol–water partition coefficient (Wildman–Crippen LogP) is 1.91. The van der Waals surface area contributed by atoms with Crippen molar-refractivity contribution in [2.45, 2.75) is 19.9 Å². The monoisotopic (exact) mass is 177 g/mol. The number of allylic oxidation sites excluding steroid dienone is 3. The lowest BCUT2D eigenvalue weighted by atomic mass is 10.3. The highest BCUT2D eigenvalue weighted by Crippen LogP contribution is 2.06. The van der Waals surface area contributed by atoms with Crippen molar-refractivity contribution >= 4 is 5.82 Å². The first-order valence-electron chi connectivity index (χ1n) is 4.31. The summed E-state index contributed by atoms with van der Waals surface area (Å²) < 4.78 is 1.86. The third-order valence-corrected chi connectivity index (χ3v) is 1.78. The average Bonchev–Trinajstić information content (AvgIpc) is 2.41. The van der Waals surface area contributed by atoms with E-state index in [0.717, 1.165) is 18.5 Å². The summed E-state index contributed by atoms with van der Waals surface area (Å²) in [6.07, 6.45) is 8.66. The molecule has 3 nitrogen and oxygen atoms in total. The Morgan fingerprint density at radius 2 is 2.46 bits per heavy atom. The summed E-state index contributed by atoms with van der Waals surface area (Å²) in [5.74, 6) is 0.618. The number of aryl methyl sites for hydroxylation is 2. The molecule has 0 aliphatic heterocycles. The molecular weight excluding hydrogens is 162 g/mol. The Morgan fingerprint density at radius 3 is 3.00 bits per heavy atom. The molecule has 0 bridgehead atoms. The number of anilines is 1. The van der Waals surface area contributed by atoms with E-state index < -0.39 is 0 Å². The van der Waals surface area contributed by atoms with Gasteiger partial charge in [-0.15, -0.1) is 0 Å². The van der Waals surface area contributed by atoms with Gasteiger partial charge in [0, 0.05) is 18.3 Å². The molecule has 0 saturated heterocycles. The Hall–Kier alpha value is -1.51. The van der Waals surface area contributed by atoms with Gasteiger partial charge in [-0.1, -0.05) is 24.8 Å². The second-order valence-electron chi connectivity index (χ2n) is 2.91. The van der Waals surface area contributed by atoms with Gasteiger partial charge in [0.05, 0.1) is 0 Å². The van der Waals surface area contributed by atoms with Crippen molar-refractivity contribution in [1.82, 2.24) is 9.78 Å². The highest BCUT2D eigenvalue weighted by atomic mass is 15.3. The van der Waals surface area contributed by atoms with Crippen molar-refractivity contribution in [3.63, 3.8) is 0 Å². The molecule has 1 heterocycles. The highest BCUT2D eigenvalue weighted by molar-refractivity contribution is 5.35. The summed E-state index contributed by atoms with van der Waals surface area (Å²) in [5, 5.41) is 4.14. The Bertz CT molecular complexity index is 290. The van der Waals surface area contributed by atoms with Gasteiger partial charge in [0.25, 0.3) is 0 Å². The number of rotatable bonds is 4. The van der Waals surface area contributed by atoms with E-state index in [2.05, 4.69) is 17.8 Å². The van der Waals surface area contributed by atoms with E-state index in [4.69, 9.17) is 5.73 Å². The van der Waals surface area contributed by atoms with E-state index in [1.807, 2.05) is 23.9 Å². The molecule has 0 radical (unpaired) electrons.